The number of sulfonamides is 1. The molecule has 0 aliphatic carbocycles. The van der Waals surface area contributed by atoms with E-state index in [9.17, 15) is 8.42 Å². The monoisotopic (exact) mass is 266 g/mol. The summed E-state index contributed by atoms with van der Waals surface area (Å²) in [6.07, 6.45) is 7.35. The molecule has 18 heavy (non-hydrogen) atoms. The summed E-state index contributed by atoms with van der Waals surface area (Å²) in [6, 6.07) is 6.55. The van der Waals surface area contributed by atoms with Crippen LogP contribution in [0.1, 0.15) is 24.8 Å². The van der Waals surface area contributed by atoms with Crippen molar-refractivity contribution in [1.29, 1.82) is 0 Å². The smallest absolute Gasteiger partial charge is 0.240 e. The second-order valence-electron chi connectivity index (χ2n) is 3.91. The van der Waals surface area contributed by atoms with Crippen LogP contribution >= 0.6 is 0 Å². The Bertz CT molecular complexity index is 501. The van der Waals surface area contributed by atoms with Crippen molar-refractivity contribution < 1.29 is 8.42 Å². The van der Waals surface area contributed by atoms with Gasteiger partial charge in [0.05, 0.1) is 4.90 Å². The number of nitrogens with one attached hydrogen (secondary N) is 1. The van der Waals surface area contributed by atoms with Crippen molar-refractivity contribution in [3.05, 3.63) is 29.8 Å². The van der Waals surface area contributed by atoms with Crippen molar-refractivity contribution in [2.24, 2.45) is 5.73 Å². The summed E-state index contributed by atoms with van der Waals surface area (Å²) >= 11 is 0. The van der Waals surface area contributed by atoms with E-state index >= 15 is 0 Å². The van der Waals surface area contributed by atoms with Crippen molar-refractivity contribution in [1.82, 2.24) is 4.72 Å². The molecule has 0 spiro atoms. The molecule has 0 amide bonds. The van der Waals surface area contributed by atoms with Crippen LogP contribution in [0.25, 0.3) is 0 Å². The fourth-order valence-corrected chi connectivity index (χ4v) is 2.52. The number of nitrogens with two attached hydrogens (primary N) is 1. The predicted octanol–water partition coefficient (Wildman–Crippen LogP) is 1.23. The van der Waals surface area contributed by atoms with Gasteiger partial charge < -0.3 is 5.73 Å². The molecule has 1 aromatic carbocycles. The van der Waals surface area contributed by atoms with Gasteiger partial charge in [-0.15, -0.1) is 12.3 Å². The molecule has 4 nitrogen and oxygen atoms in total. The minimum atomic E-state index is -3.41. The van der Waals surface area contributed by atoms with Gasteiger partial charge in [-0.05, 0) is 30.5 Å². The lowest BCUT2D eigenvalue weighted by molar-refractivity contribution is 0.577. The molecule has 0 saturated carbocycles. The third-order valence-electron chi connectivity index (χ3n) is 2.51. The van der Waals surface area contributed by atoms with Crippen molar-refractivity contribution in [2.75, 3.05) is 6.54 Å². The molecule has 0 aliphatic rings. The second-order valence-corrected chi connectivity index (χ2v) is 5.67. The van der Waals surface area contributed by atoms with Gasteiger partial charge in [-0.2, -0.15) is 0 Å². The molecule has 0 aliphatic heterocycles. The number of rotatable bonds is 7. The molecule has 0 heterocycles. The van der Waals surface area contributed by atoms with Crippen LogP contribution in [-0.4, -0.2) is 15.0 Å². The summed E-state index contributed by atoms with van der Waals surface area (Å²) in [7, 11) is -3.41. The predicted molar refractivity (Wildman–Crippen MR) is 72.2 cm³/mol. The summed E-state index contributed by atoms with van der Waals surface area (Å²) in [4.78, 5) is 0.261. The highest BCUT2D eigenvalue weighted by molar-refractivity contribution is 7.89. The zero-order valence-electron chi connectivity index (χ0n) is 10.2. The Morgan fingerprint density at radius 3 is 2.44 bits per heavy atom. The number of unbranched alkanes of at least 4 members (excludes halogenated alkanes) is 2. The van der Waals surface area contributed by atoms with E-state index in [-0.39, 0.29) is 4.90 Å². The van der Waals surface area contributed by atoms with Gasteiger partial charge in [-0.3, -0.25) is 0 Å². The van der Waals surface area contributed by atoms with Gasteiger partial charge in [-0.25, -0.2) is 13.1 Å². The quantitative estimate of drug-likeness (QED) is 0.576. The van der Waals surface area contributed by atoms with Crippen molar-refractivity contribution >= 4 is 10.0 Å². The third-order valence-corrected chi connectivity index (χ3v) is 3.99. The first-order chi connectivity index (χ1) is 8.60. The molecule has 3 N–H and O–H groups in total. The van der Waals surface area contributed by atoms with Crippen molar-refractivity contribution in [3.8, 4) is 12.3 Å². The number of terminal acetylenes is 1. The molecule has 5 heteroatoms. The highest BCUT2D eigenvalue weighted by atomic mass is 32.2. The fraction of sp³-hybridized carbons (Fsp3) is 0.385. The Kier molecular flexibility index (Phi) is 5.86. The van der Waals surface area contributed by atoms with Gasteiger partial charge in [0.1, 0.15) is 0 Å². The van der Waals surface area contributed by atoms with Crippen LogP contribution in [0.15, 0.2) is 29.2 Å². The minimum absolute atomic E-state index is 0.261. The largest absolute Gasteiger partial charge is 0.326 e. The van der Waals surface area contributed by atoms with Crippen LogP contribution in [0, 0.1) is 12.3 Å². The molecule has 0 saturated heterocycles. The highest BCUT2D eigenvalue weighted by Crippen LogP contribution is 2.10. The SMILES string of the molecule is C#CCCCCNS(=O)(=O)c1ccc(CN)cc1. The minimum Gasteiger partial charge on any atom is -0.326 e. The van der Waals surface area contributed by atoms with Gasteiger partial charge in [0.2, 0.25) is 10.0 Å². The Hall–Kier alpha value is -1.35. The van der Waals surface area contributed by atoms with E-state index in [0.717, 1.165) is 18.4 Å². The van der Waals surface area contributed by atoms with E-state index in [0.29, 0.717) is 19.5 Å². The molecule has 0 unspecified atom stereocenters. The zero-order chi connectivity index (χ0) is 13.4. The van der Waals surface area contributed by atoms with Crippen LogP contribution < -0.4 is 10.5 Å². The number of benzene rings is 1. The fourth-order valence-electron chi connectivity index (χ4n) is 1.45. The topological polar surface area (TPSA) is 72.2 Å². The second kappa shape index (κ2) is 7.17. The zero-order valence-corrected chi connectivity index (χ0v) is 11.0. The van der Waals surface area contributed by atoms with Crippen LogP contribution in [0.5, 0.6) is 0 Å². The molecule has 1 rings (SSSR count). The third kappa shape index (κ3) is 4.49. The molecule has 0 aromatic heterocycles. The summed E-state index contributed by atoms with van der Waals surface area (Å²) in [5.74, 6) is 2.52. The van der Waals surface area contributed by atoms with Gasteiger partial charge in [0, 0.05) is 19.5 Å². The van der Waals surface area contributed by atoms with E-state index in [1.165, 1.54) is 0 Å². The Morgan fingerprint density at radius 1 is 1.22 bits per heavy atom. The van der Waals surface area contributed by atoms with Gasteiger partial charge >= 0.3 is 0 Å². The van der Waals surface area contributed by atoms with Crippen LogP contribution in [0.4, 0.5) is 0 Å². The Morgan fingerprint density at radius 2 is 1.89 bits per heavy atom. The molecule has 98 valence electrons. The summed E-state index contributed by atoms with van der Waals surface area (Å²) < 4.78 is 26.3. The highest BCUT2D eigenvalue weighted by Gasteiger charge is 2.12. The first-order valence-electron chi connectivity index (χ1n) is 5.82. The summed E-state index contributed by atoms with van der Waals surface area (Å²) in [5, 5.41) is 0. The molecule has 0 fully saturated rings. The van der Waals surface area contributed by atoms with Gasteiger partial charge in [-0.1, -0.05) is 12.1 Å². The van der Waals surface area contributed by atoms with E-state index < -0.39 is 10.0 Å². The normalized spacial score (nSPS) is 11.1. The first kappa shape index (κ1) is 14.7. The van der Waals surface area contributed by atoms with Crippen molar-refractivity contribution in [3.63, 3.8) is 0 Å². The Labute approximate surface area is 109 Å². The van der Waals surface area contributed by atoms with Gasteiger partial charge in [0.25, 0.3) is 0 Å². The molecule has 0 radical (unpaired) electrons. The standard InChI is InChI=1S/C13H18N2O2S/c1-2-3-4-5-10-15-18(16,17)13-8-6-12(11-14)7-9-13/h1,6-9,15H,3-5,10-11,14H2. The molecular formula is C13H18N2O2S. The lowest BCUT2D eigenvalue weighted by Crippen LogP contribution is -2.24. The van der Waals surface area contributed by atoms with Crippen LogP contribution in [0.3, 0.4) is 0 Å². The summed E-state index contributed by atoms with van der Waals surface area (Å²) in [5.41, 5.74) is 6.36. The molecule has 0 atom stereocenters. The molecular weight excluding hydrogens is 248 g/mol. The molecule has 0 bridgehead atoms. The average molecular weight is 266 g/mol. The molecule has 1 aromatic rings. The van der Waals surface area contributed by atoms with Crippen LogP contribution in [0.2, 0.25) is 0 Å². The van der Waals surface area contributed by atoms with E-state index in [2.05, 4.69) is 10.6 Å². The maximum absolute atomic E-state index is 11.9. The Balaban J connectivity index is 2.55. The average Bonchev–Trinajstić information content (AvgIpc) is 2.38. The number of hydrogen-bond acceptors (Lipinski definition) is 3. The van der Waals surface area contributed by atoms with Crippen LogP contribution in [-0.2, 0) is 16.6 Å². The van der Waals surface area contributed by atoms with E-state index in [4.69, 9.17) is 12.2 Å². The first-order valence-corrected chi connectivity index (χ1v) is 7.30. The maximum Gasteiger partial charge on any atom is 0.240 e. The van der Waals surface area contributed by atoms with E-state index in [1.54, 1.807) is 24.3 Å². The lowest BCUT2D eigenvalue weighted by Gasteiger charge is -2.06. The van der Waals surface area contributed by atoms with E-state index in [1.807, 2.05) is 0 Å². The lowest BCUT2D eigenvalue weighted by atomic mass is 10.2. The summed E-state index contributed by atoms with van der Waals surface area (Å²) in [6.45, 7) is 0.808. The van der Waals surface area contributed by atoms with Gasteiger partial charge in [0.15, 0.2) is 0 Å². The maximum atomic E-state index is 11.9. The number of hydrogen-bond donors (Lipinski definition) is 2. The van der Waals surface area contributed by atoms with Crippen molar-refractivity contribution in [2.45, 2.75) is 30.7 Å².